The van der Waals surface area contributed by atoms with Crippen LogP contribution < -0.4 is 0 Å². The molecule has 0 saturated heterocycles. The highest BCUT2D eigenvalue weighted by Crippen LogP contribution is 2.25. The number of amides is 1. The molecule has 0 rings (SSSR count). The molecule has 0 radical (unpaired) electrons. The number of nitrogens with zero attached hydrogens (tertiary/aromatic N) is 2. The van der Waals surface area contributed by atoms with Crippen LogP contribution >= 0.6 is 0 Å². The van der Waals surface area contributed by atoms with Crippen LogP contribution in [0.1, 0.15) is 350 Å². The third-order valence-electron chi connectivity index (χ3n) is 16.7. The van der Waals surface area contributed by atoms with E-state index in [1.54, 1.807) is 0 Å². The van der Waals surface area contributed by atoms with Gasteiger partial charge in [-0.1, -0.05) is 241 Å². The predicted octanol–water partition coefficient (Wildman–Crippen LogP) is 19.9. The SMILES string of the molecule is CCCCCCCCC(CCCCCC)COC(=O)CCCCCC(CCCCCC(O)OCC(CCCCCC)CCCCCCCC)N(CCCCCC(=O)OCC(CCCC)CCCCCC)C(=O)CCCN(C)C. The van der Waals surface area contributed by atoms with Crippen LogP contribution in [0.3, 0.4) is 0 Å². The Morgan fingerprint density at radius 3 is 1.12 bits per heavy atom. The van der Waals surface area contributed by atoms with Crippen molar-refractivity contribution < 1.29 is 33.7 Å². The summed E-state index contributed by atoms with van der Waals surface area (Å²) in [6, 6.07) is 0.123. The second kappa shape index (κ2) is 58.5. The lowest BCUT2D eigenvalue weighted by Gasteiger charge is -2.33. The molecule has 0 heterocycles. The Morgan fingerprint density at radius 1 is 0.346 bits per heavy atom. The molecule has 1 N–H and O–H groups in total. The van der Waals surface area contributed by atoms with E-state index in [4.69, 9.17) is 14.2 Å². The molecule has 464 valence electrons. The van der Waals surface area contributed by atoms with Crippen molar-refractivity contribution in [2.24, 2.45) is 17.8 Å². The van der Waals surface area contributed by atoms with Crippen LogP contribution in [0.15, 0.2) is 0 Å². The molecule has 78 heavy (non-hydrogen) atoms. The van der Waals surface area contributed by atoms with Crippen LogP contribution in [0.25, 0.3) is 0 Å². The zero-order chi connectivity index (χ0) is 57.4. The second-order valence-corrected chi connectivity index (χ2v) is 24.8. The van der Waals surface area contributed by atoms with Crippen molar-refractivity contribution in [2.75, 3.05) is 47.0 Å². The number of unbranched alkanes of at least 4 members (excludes halogenated alkanes) is 26. The van der Waals surface area contributed by atoms with E-state index in [-0.39, 0.29) is 23.9 Å². The van der Waals surface area contributed by atoms with Crippen molar-refractivity contribution in [1.82, 2.24) is 9.80 Å². The number of carbonyl (C=O) groups excluding carboxylic acids is 3. The Bertz CT molecular complexity index is 1280. The van der Waals surface area contributed by atoms with Gasteiger partial charge in [-0.25, -0.2) is 0 Å². The van der Waals surface area contributed by atoms with Gasteiger partial charge in [-0.2, -0.15) is 0 Å². The summed E-state index contributed by atoms with van der Waals surface area (Å²) >= 11 is 0. The number of carbonyl (C=O) groups is 3. The fourth-order valence-electron chi connectivity index (χ4n) is 11.4. The van der Waals surface area contributed by atoms with E-state index < -0.39 is 6.29 Å². The molecule has 0 aromatic rings. The summed E-state index contributed by atoms with van der Waals surface area (Å²) < 4.78 is 18.0. The maximum atomic E-state index is 14.3. The average Bonchev–Trinajstić information content (AvgIpc) is 3.43. The monoisotopic (exact) mass is 1110 g/mol. The van der Waals surface area contributed by atoms with Crippen LogP contribution in [0.5, 0.6) is 0 Å². The van der Waals surface area contributed by atoms with Gasteiger partial charge < -0.3 is 29.1 Å². The van der Waals surface area contributed by atoms with Crippen molar-refractivity contribution >= 4 is 17.8 Å². The number of aliphatic hydroxyl groups excluding tert-OH is 1. The Hall–Kier alpha value is -1.71. The van der Waals surface area contributed by atoms with Gasteiger partial charge in [0.05, 0.1) is 19.8 Å². The van der Waals surface area contributed by atoms with Crippen molar-refractivity contribution in [1.29, 1.82) is 0 Å². The lowest BCUT2D eigenvalue weighted by atomic mass is 9.95. The zero-order valence-electron chi connectivity index (χ0n) is 53.7. The highest BCUT2D eigenvalue weighted by molar-refractivity contribution is 5.76. The normalized spacial score (nSPS) is 13.7. The largest absolute Gasteiger partial charge is 0.465 e. The van der Waals surface area contributed by atoms with E-state index in [9.17, 15) is 19.5 Å². The van der Waals surface area contributed by atoms with Gasteiger partial charge in [-0.05, 0) is 128 Å². The molecule has 0 fully saturated rings. The minimum absolute atomic E-state index is 0.0557. The summed E-state index contributed by atoms with van der Waals surface area (Å²) in [5, 5.41) is 11.0. The van der Waals surface area contributed by atoms with Gasteiger partial charge >= 0.3 is 11.9 Å². The molecule has 0 aromatic heterocycles. The van der Waals surface area contributed by atoms with Crippen LogP contribution in [-0.4, -0.2) is 92.1 Å². The van der Waals surface area contributed by atoms with Crippen molar-refractivity contribution in [3.63, 3.8) is 0 Å². The van der Waals surface area contributed by atoms with Crippen LogP contribution in [0.2, 0.25) is 0 Å². The molecular weight excluding hydrogens is 969 g/mol. The molecule has 9 nitrogen and oxygen atoms in total. The van der Waals surface area contributed by atoms with Gasteiger partial charge in [0.2, 0.25) is 5.91 Å². The highest BCUT2D eigenvalue weighted by atomic mass is 16.6. The van der Waals surface area contributed by atoms with E-state index in [1.807, 2.05) is 0 Å². The Balaban J connectivity index is 5.72. The zero-order valence-corrected chi connectivity index (χ0v) is 53.7. The van der Waals surface area contributed by atoms with Crippen LogP contribution in [-0.2, 0) is 28.6 Å². The predicted molar refractivity (Wildman–Crippen MR) is 334 cm³/mol. The maximum Gasteiger partial charge on any atom is 0.305 e. The minimum Gasteiger partial charge on any atom is -0.465 e. The lowest BCUT2D eigenvalue weighted by Crippen LogP contribution is -2.41. The first-order chi connectivity index (χ1) is 38.0. The molecule has 5 atom stereocenters. The fourth-order valence-corrected chi connectivity index (χ4v) is 11.4. The maximum absolute atomic E-state index is 14.3. The first kappa shape index (κ1) is 76.3. The van der Waals surface area contributed by atoms with Gasteiger partial charge in [0.1, 0.15) is 0 Å². The van der Waals surface area contributed by atoms with Crippen molar-refractivity contribution in [3.05, 3.63) is 0 Å². The third kappa shape index (κ3) is 50.1. The van der Waals surface area contributed by atoms with E-state index >= 15 is 0 Å². The van der Waals surface area contributed by atoms with Gasteiger partial charge in [0, 0.05) is 31.8 Å². The number of ether oxygens (including phenoxy) is 3. The van der Waals surface area contributed by atoms with Crippen molar-refractivity contribution in [2.45, 2.75) is 362 Å². The smallest absolute Gasteiger partial charge is 0.305 e. The topological polar surface area (TPSA) is 106 Å². The van der Waals surface area contributed by atoms with E-state index in [1.165, 1.54) is 180 Å². The number of rotatable bonds is 62. The van der Waals surface area contributed by atoms with Crippen molar-refractivity contribution in [3.8, 4) is 0 Å². The third-order valence-corrected chi connectivity index (χ3v) is 16.7. The first-order valence-electron chi connectivity index (χ1n) is 34.6. The Kier molecular flexibility index (Phi) is 57.2. The van der Waals surface area contributed by atoms with Crippen LogP contribution in [0.4, 0.5) is 0 Å². The summed E-state index contributed by atoms with van der Waals surface area (Å²) in [5.41, 5.74) is 0. The lowest BCUT2D eigenvalue weighted by molar-refractivity contribution is -0.146. The summed E-state index contributed by atoms with van der Waals surface area (Å²) in [6.45, 7) is 16.9. The summed E-state index contributed by atoms with van der Waals surface area (Å²) in [4.78, 5) is 44.7. The molecule has 9 heteroatoms. The van der Waals surface area contributed by atoms with Gasteiger partial charge in [-0.15, -0.1) is 0 Å². The molecule has 5 unspecified atom stereocenters. The number of hydrogen-bond acceptors (Lipinski definition) is 8. The molecule has 0 aliphatic heterocycles. The quantitative estimate of drug-likeness (QED) is 0.0365. The van der Waals surface area contributed by atoms with E-state index in [2.05, 4.69) is 65.4 Å². The Labute approximate surface area is 486 Å². The molecule has 0 spiro atoms. The summed E-state index contributed by atoms with van der Waals surface area (Å²) in [7, 11) is 4.14. The summed E-state index contributed by atoms with van der Waals surface area (Å²) in [5.74, 6) is 1.56. The molecule has 1 amide bonds. The second-order valence-electron chi connectivity index (χ2n) is 24.8. The average molecular weight is 1110 g/mol. The Morgan fingerprint density at radius 2 is 0.679 bits per heavy atom. The summed E-state index contributed by atoms with van der Waals surface area (Å²) in [6.07, 6.45) is 52.2. The molecule has 0 aliphatic rings. The minimum atomic E-state index is -0.725. The van der Waals surface area contributed by atoms with E-state index in [0.29, 0.717) is 69.8 Å². The van der Waals surface area contributed by atoms with Gasteiger partial charge in [0.25, 0.3) is 0 Å². The van der Waals surface area contributed by atoms with Crippen LogP contribution in [0, 0.1) is 17.8 Å². The number of esters is 2. The molecule has 0 saturated carbocycles. The molecular formula is C69H136N2O7. The molecule has 0 bridgehead atoms. The number of hydrogen-bond donors (Lipinski definition) is 1. The van der Waals surface area contributed by atoms with E-state index in [0.717, 1.165) is 109 Å². The number of aliphatic hydroxyl groups is 1. The standard InChI is InChI=1S/C69H136N2O7/c1-9-15-21-26-28-36-49-63(47-34-24-18-12-4)60-77-67(73)54-40-30-38-51-65(52-39-31-41-55-68(74)78-61-64(48-35-25-19-13-5)50-37-29-27-22-16-10-2)71(66(72)53-44-57-70(7)8)58-43-32-42-56-69(75)76-59-62(45-20-14-6)46-33-23-17-11-3/h62-65,67,73H,9-61H2,1-8H3. The van der Waals surface area contributed by atoms with Gasteiger partial charge in [-0.3, -0.25) is 14.4 Å². The molecule has 0 aliphatic carbocycles. The fraction of sp³-hybridized carbons (Fsp3) is 0.957. The van der Waals surface area contributed by atoms with Gasteiger partial charge in [0.15, 0.2) is 6.29 Å². The highest BCUT2D eigenvalue weighted by Gasteiger charge is 2.24. The molecule has 0 aromatic carbocycles. The first-order valence-corrected chi connectivity index (χ1v) is 34.6.